The van der Waals surface area contributed by atoms with E-state index in [-0.39, 0.29) is 0 Å². The van der Waals surface area contributed by atoms with Crippen LogP contribution in [0.3, 0.4) is 0 Å². The van der Waals surface area contributed by atoms with E-state index in [9.17, 15) is 31.0 Å². The van der Waals surface area contributed by atoms with Crippen molar-refractivity contribution in [3.05, 3.63) is 247 Å². The number of nitrogens with zero attached hydrogens (tertiary/aromatic N) is 4. The van der Waals surface area contributed by atoms with Crippen molar-refractivity contribution in [3.63, 3.8) is 0 Å². The molecule has 0 aliphatic heterocycles. The van der Waals surface area contributed by atoms with Gasteiger partial charge in [-0.1, -0.05) is 194 Å². The minimum absolute atomic E-state index is 0.351. The van der Waals surface area contributed by atoms with Crippen LogP contribution in [0.2, 0.25) is 0 Å². The van der Waals surface area contributed by atoms with Crippen molar-refractivity contribution < 1.29 is 24.7 Å². The summed E-state index contributed by atoms with van der Waals surface area (Å²) in [5.74, 6) is 0. The van der Waals surface area contributed by atoms with Crippen molar-refractivity contribution in [2.75, 3.05) is 0 Å². The average Bonchev–Trinajstić information content (AvgIpc) is 1.37. The molecule has 74 heavy (non-hydrogen) atoms. The predicted molar refractivity (Wildman–Crippen MR) is 314 cm³/mol. The third kappa shape index (κ3) is 5.99. The molecule has 0 radical (unpaired) electrons. The number of benzene rings is 11. The molecule has 6 heteroatoms. The first-order valence-corrected chi connectivity index (χ1v) is 24.8. The van der Waals surface area contributed by atoms with Crippen LogP contribution in [0.1, 0.15) is 30.2 Å². The summed E-state index contributed by atoms with van der Waals surface area (Å²) in [6.07, 6.45) is 0. The minimum atomic E-state index is -0.907. The van der Waals surface area contributed by atoms with Crippen LogP contribution < -0.4 is 0 Å². The van der Waals surface area contributed by atoms with Gasteiger partial charge in [0.1, 0.15) is 6.07 Å². The minimum Gasteiger partial charge on any atom is -0.318 e. The highest BCUT2D eigenvalue weighted by atomic mass is 32.1. The van der Waals surface area contributed by atoms with Crippen molar-refractivity contribution in [3.8, 4) is 62.0 Å². The molecule has 15 rings (SSSR count). The van der Waals surface area contributed by atoms with Crippen LogP contribution in [0.15, 0.2) is 230 Å². The number of rotatable bonds is 6. The molecule has 0 aliphatic carbocycles. The Kier molecular flexibility index (Phi) is 6.22. The van der Waals surface area contributed by atoms with Crippen molar-refractivity contribution in [2.45, 2.75) is 0 Å². The highest BCUT2D eigenvalue weighted by Crippen LogP contribution is 2.56. The van der Waals surface area contributed by atoms with Gasteiger partial charge in [-0.25, -0.2) is 4.85 Å². The summed E-state index contributed by atoms with van der Waals surface area (Å²) in [4.78, 5) is 4.08. The van der Waals surface area contributed by atoms with E-state index >= 15 is 0 Å². The quantitative estimate of drug-likeness (QED) is 0.153. The standard InChI is InChI=1S/C68H38N4S2/c1-70-62-58(43-26-10-4-11-27-43)53(40-69)63(59(44-28-12-5-13-29-44)66(62)71-54-34-18-14-30-45(54)46-31-15-19-35-55(46)71)72-64-51(38-49(41-22-6-2-7-23-41)60-47-32-16-20-36-56(47)73-67(60)64)52-39-50(42-24-8-3-9-25-42)61-48-33-17-21-37-57(48)74-68(61)65(52)72/h2-39H/i4D,5D,10D,11D,12D,13D,14D,15D,18D,19D,26D,27D,28D,29D,30D,31D,34D,35D. The summed E-state index contributed by atoms with van der Waals surface area (Å²) in [7, 11) is 0. The number of nitriles is 1. The topological polar surface area (TPSA) is 38.0 Å². The molecule has 0 spiro atoms. The highest BCUT2D eigenvalue weighted by molar-refractivity contribution is 7.27. The van der Waals surface area contributed by atoms with Crippen molar-refractivity contribution in [1.29, 1.82) is 5.26 Å². The Labute approximate surface area is 458 Å². The molecule has 0 N–H and O–H groups in total. The van der Waals surface area contributed by atoms with E-state index in [1.54, 1.807) is 4.57 Å². The maximum Gasteiger partial charge on any atom is 0.220 e. The molecular weight excluding hydrogens is 937 g/mol. The lowest BCUT2D eigenvalue weighted by molar-refractivity contribution is 1.14. The Morgan fingerprint density at radius 3 is 1.38 bits per heavy atom. The van der Waals surface area contributed by atoms with Crippen LogP contribution in [-0.4, -0.2) is 9.13 Å². The number of fused-ring (bicyclic) bond motifs is 14. The molecule has 0 saturated carbocycles. The summed E-state index contributed by atoms with van der Waals surface area (Å²) >= 11 is 2.78. The molecule has 11 aromatic carbocycles. The maximum atomic E-state index is 12.6. The van der Waals surface area contributed by atoms with Gasteiger partial charge in [0.2, 0.25) is 5.69 Å². The summed E-state index contributed by atoms with van der Waals surface area (Å²) < 4.78 is 175. The number of thiophene rings is 2. The first-order valence-electron chi connectivity index (χ1n) is 32.2. The molecule has 0 amide bonds. The fourth-order valence-electron chi connectivity index (χ4n) is 10.9. The highest BCUT2D eigenvalue weighted by Gasteiger charge is 2.34. The van der Waals surface area contributed by atoms with E-state index < -0.39 is 175 Å². The number of hydrogen-bond acceptors (Lipinski definition) is 3. The normalized spacial score (nSPS) is 15.2. The molecule has 4 nitrogen and oxygen atoms in total. The van der Waals surface area contributed by atoms with Gasteiger partial charge in [0.25, 0.3) is 0 Å². The lowest BCUT2D eigenvalue weighted by Crippen LogP contribution is -2.09. The third-order valence-corrected chi connectivity index (χ3v) is 16.1. The zero-order chi connectivity index (χ0) is 64.7. The second kappa shape index (κ2) is 16.5. The summed E-state index contributed by atoms with van der Waals surface area (Å²) in [5.41, 5.74) is -2.43. The number of hydrogen-bond donors (Lipinski definition) is 0. The zero-order valence-corrected chi connectivity index (χ0v) is 39.8. The SMILES string of the molecule is [2H]c1c([2H])c([2H])c(-c2c(C#N)c(-n3c4c(cc(-c5ccccc5)c5c6ccccc6sc54)c4cc(-c5ccccc5)c5c6ccccc6sc5c43)c(-c3c([2H])c([2H])c([2H])c([2H])c3[2H])c(-n3c4c([2H])c([2H])c([2H])c([2H])c4c4c([2H])c([2H])c([2H])c([2H])c43)c2[N+]#[C-])c([2H])c1[2H]. The zero-order valence-electron chi connectivity index (χ0n) is 56.2. The van der Waals surface area contributed by atoms with Crippen molar-refractivity contribution >= 4 is 112 Å². The van der Waals surface area contributed by atoms with Crippen molar-refractivity contribution in [1.82, 2.24) is 9.13 Å². The van der Waals surface area contributed by atoms with Gasteiger partial charge in [0.05, 0.1) is 79.7 Å². The first kappa shape index (κ1) is 27.9. The molecule has 342 valence electrons. The molecule has 0 saturated heterocycles. The molecule has 15 aromatic rings. The lowest BCUT2D eigenvalue weighted by atomic mass is 9.88. The molecule has 0 unspecified atom stereocenters. The Morgan fingerprint density at radius 1 is 0.446 bits per heavy atom. The molecule has 0 aliphatic rings. The van der Waals surface area contributed by atoms with Gasteiger partial charge < -0.3 is 9.13 Å². The predicted octanol–water partition coefficient (Wildman–Crippen LogP) is 19.7. The van der Waals surface area contributed by atoms with Gasteiger partial charge in [0, 0.05) is 63.6 Å². The van der Waals surface area contributed by atoms with Crippen LogP contribution in [0.25, 0.3) is 145 Å². The van der Waals surface area contributed by atoms with Gasteiger partial charge in [0.15, 0.2) is 0 Å². The molecule has 0 atom stereocenters. The lowest BCUT2D eigenvalue weighted by Gasteiger charge is -2.26. The van der Waals surface area contributed by atoms with Crippen LogP contribution in [-0.2, 0) is 0 Å². The first-order chi connectivity index (χ1) is 44.2. The third-order valence-electron chi connectivity index (χ3n) is 13.8. The van der Waals surface area contributed by atoms with Gasteiger partial charge in [-0.2, -0.15) is 5.26 Å². The largest absolute Gasteiger partial charge is 0.318 e. The molecule has 0 bridgehead atoms. The van der Waals surface area contributed by atoms with Crippen LogP contribution >= 0.6 is 22.7 Å². The smallest absolute Gasteiger partial charge is 0.220 e. The van der Waals surface area contributed by atoms with E-state index in [1.165, 1.54) is 22.7 Å². The second-order valence-corrected chi connectivity index (χ2v) is 19.6. The van der Waals surface area contributed by atoms with E-state index in [0.29, 0.717) is 31.2 Å². The Balaban J connectivity index is 1.37. The molecular formula is C68H38N4S2. The fraction of sp³-hybridized carbons (Fsp3) is 0. The maximum absolute atomic E-state index is 12.6. The van der Waals surface area contributed by atoms with Crippen LogP contribution in [0, 0.1) is 17.9 Å². The Bertz CT molecular complexity index is 5710. The van der Waals surface area contributed by atoms with E-state index in [1.807, 2.05) is 121 Å². The van der Waals surface area contributed by atoms with Crippen LogP contribution in [0.4, 0.5) is 5.69 Å². The summed E-state index contributed by atoms with van der Waals surface area (Å²) in [6.45, 7) is 9.49. The Hall–Kier alpha value is -9.56. The average molecular weight is 993 g/mol. The van der Waals surface area contributed by atoms with E-state index in [0.717, 1.165) is 57.8 Å². The van der Waals surface area contributed by atoms with E-state index in [4.69, 9.17) is 5.48 Å². The monoisotopic (exact) mass is 992 g/mol. The van der Waals surface area contributed by atoms with Crippen molar-refractivity contribution in [2.24, 2.45) is 0 Å². The van der Waals surface area contributed by atoms with Gasteiger partial charge in [-0.15, -0.1) is 22.7 Å². The van der Waals surface area contributed by atoms with E-state index in [2.05, 4.69) is 10.9 Å². The van der Waals surface area contributed by atoms with Gasteiger partial charge in [-0.05, 0) is 69.7 Å². The number of aromatic nitrogens is 2. The van der Waals surface area contributed by atoms with Gasteiger partial charge in [-0.3, -0.25) is 0 Å². The Morgan fingerprint density at radius 2 is 0.892 bits per heavy atom. The molecule has 0 fully saturated rings. The molecule has 4 aromatic heterocycles. The summed E-state index contributed by atoms with van der Waals surface area (Å²) in [5, 5.41) is 15.9. The second-order valence-electron chi connectivity index (χ2n) is 17.5. The van der Waals surface area contributed by atoms with Crippen LogP contribution in [0.5, 0.6) is 0 Å². The number of para-hydroxylation sites is 2. The van der Waals surface area contributed by atoms with Gasteiger partial charge >= 0.3 is 0 Å². The summed E-state index contributed by atoms with van der Waals surface area (Å²) in [6, 6.07) is 25.6. The fourth-order valence-corrected chi connectivity index (χ4v) is 13.4. The molecule has 4 heterocycles.